The monoisotopic (exact) mass is 359 g/mol. The average Bonchev–Trinajstić information content (AvgIpc) is 2.66. The highest BCUT2D eigenvalue weighted by molar-refractivity contribution is 5.98. The minimum absolute atomic E-state index is 0.260. The van der Waals surface area contributed by atoms with E-state index < -0.39 is 17.9 Å². The van der Waals surface area contributed by atoms with Crippen LogP contribution in [0.25, 0.3) is 0 Å². The molecule has 2 N–H and O–H groups in total. The van der Waals surface area contributed by atoms with Crippen molar-refractivity contribution in [3.8, 4) is 17.2 Å². The van der Waals surface area contributed by atoms with Crippen molar-refractivity contribution in [3.63, 3.8) is 0 Å². The molecule has 26 heavy (non-hydrogen) atoms. The maximum atomic E-state index is 12.7. The maximum Gasteiger partial charge on any atom is 0.305 e. The number of carboxylic acid groups (broad SMARTS) is 1. The van der Waals surface area contributed by atoms with Gasteiger partial charge >= 0.3 is 5.97 Å². The fourth-order valence-electron chi connectivity index (χ4n) is 2.56. The van der Waals surface area contributed by atoms with Crippen molar-refractivity contribution >= 4 is 11.9 Å². The third kappa shape index (κ3) is 4.44. The molecule has 138 valence electrons. The van der Waals surface area contributed by atoms with Gasteiger partial charge in [0.2, 0.25) is 0 Å². The van der Waals surface area contributed by atoms with Gasteiger partial charge in [0.1, 0.15) is 5.75 Å². The van der Waals surface area contributed by atoms with Gasteiger partial charge in [-0.1, -0.05) is 18.2 Å². The topological polar surface area (TPSA) is 94.1 Å². The first kappa shape index (κ1) is 19.1. The van der Waals surface area contributed by atoms with Crippen LogP contribution in [0.3, 0.4) is 0 Å². The van der Waals surface area contributed by atoms with Gasteiger partial charge in [0.15, 0.2) is 11.5 Å². The number of ether oxygens (including phenoxy) is 3. The van der Waals surface area contributed by atoms with E-state index in [1.54, 1.807) is 49.6 Å². The van der Waals surface area contributed by atoms with Crippen molar-refractivity contribution in [1.82, 2.24) is 5.32 Å². The molecule has 2 rings (SSSR count). The molecule has 2 aromatic carbocycles. The molecule has 0 saturated heterocycles. The number of para-hydroxylation sites is 1. The van der Waals surface area contributed by atoms with E-state index in [4.69, 9.17) is 14.2 Å². The summed E-state index contributed by atoms with van der Waals surface area (Å²) in [7, 11) is 4.46. The first-order valence-corrected chi connectivity index (χ1v) is 7.87. The standard InChI is InChI=1S/C19H21NO6/c1-24-13-9-7-12(8-10-13)15(11-17(21)22)20-19(23)14-5-4-6-16(25-2)18(14)26-3/h4-10,15H,11H2,1-3H3,(H,20,23)(H,21,22)/t15-/m0/s1. The van der Waals surface area contributed by atoms with E-state index in [2.05, 4.69) is 5.32 Å². The molecule has 7 nitrogen and oxygen atoms in total. The molecule has 0 aliphatic carbocycles. The Bertz CT molecular complexity index is 772. The van der Waals surface area contributed by atoms with Gasteiger partial charge in [-0.2, -0.15) is 0 Å². The maximum absolute atomic E-state index is 12.7. The Morgan fingerprint density at radius 1 is 1.00 bits per heavy atom. The van der Waals surface area contributed by atoms with E-state index in [0.29, 0.717) is 17.1 Å². The van der Waals surface area contributed by atoms with Crippen molar-refractivity contribution in [2.75, 3.05) is 21.3 Å². The van der Waals surface area contributed by atoms with Crippen molar-refractivity contribution in [3.05, 3.63) is 53.6 Å². The summed E-state index contributed by atoms with van der Waals surface area (Å²) in [6.07, 6.45) is -0.260. The molecule has 2 aromatic rings. The molecule has 0 radical (unpaired) electrons. The van der Waals surface area contributed by atoms with Gasteiger partial charge in [-0.3, -0.25) is 9.59 Å². The van der Waals surface area contributed by atoms with E-state index in [1.165, 1.54) is 14.2 Å². The minimum atomic E-state index is -1.02. The predicted octanol–water partition coefficient (Wildman–Crippen LogP) is 2.66. The lowest BCUT2D eigenvalue weighted by Crippen LogP contribution is -2.30. The summed E-state index contributed by atoms with van der Waals surface area (Å²) in [4.78, 5) is 23.9. The molecular weight excluding hydrogens is 338 g/mol. The number of carbonyl (C=O) groups is 2. The first-order valence-electron chi connectivity index (χ1n) is 7.87. The van der Waals surface area contributed by atoms with Crippen LogP contribution >= 0.6 is 0 Å². The Labute approximate surface area is 151 Å². The number of rotatable bonds is 8. The van der Waals surface area contributed by atoms with Crippen LogP contribution in [0, 0.1) is 0 Å². The van der Waals surface area contributed by atoms with E-state index in [9.17, 15) is 14.7 Å². The number of benzene rings is 2. The summed E-state index contributed by atoms with van der Waals surface area (Å²) >= 11 is 0. The van der Waals surface area contributed by atoms with Crippen LogP contribution in [-0.4, -0.2) is 38.3 Å². The van der Waals surface area contributed by atoms with Crippen molar-refractivity contribution in [1.29, 1.82) is 0 Å². The fourth-order valence-corrected chi connectivity index (χ4v) is 2.56. The Morgan fingerprint density at radius 3 is 2.23 bits per heavy atom. The van der Waals surface area contributed by atoms with Crippen LogP contribution in [0.5, 0.6) is 17.2 Å². The number of amides is 1. The van der Waals surface area contributed by atoms with Gasteiger partial charge in [0, 0.05) is 0 Å². The third-order valence-electron chi connectivity index (χ3n) is 3.85. The zero-order valence-electron chi connectivity index (χ0n) is 14.8. The molecule has 0 bridgehead atoms. The molecule has 0 saturated carbocycles. The summed E-state index contributed by atoms with van der Waals surface area (Å²) in [5, 5.41) is 11.9. The van der Waals surface area contributed by atoms with Crippen LogP contribution < -0.4 is 19.5 Å². The van der Waals surface area contributed by atoms with E-state index in [-0.39, 0.29) is 17.7 Å². The average molecular weight is 359 g/mol. The zero-order valence-corrected chi connectivity index (χ0v) is 14.8. The van der Waals surface area contributed by atoms with Crippen LogP contribution in [0.1, 0.15) is 28.4 Å². The van der Waals surface area contributed by atoms with Crippen LogP contribution in [0.2, 0.25) is 0 Å². The molecule has 0 spiro atoms. The number of carbonyl (C=O) groups excluding carboxylic acids is 1. The molecule has 0 aliphatic rings. The molecule has 0 aromatic heterocycles. The van der Waals surface area contributed by atoms with Crippen LogP contribution in [-0.2, 0) is 4.79 Å². The van der Waals surface area contributed by atoms with E-state index >= 15 is 0 Å². The minimum Gasteiger partial charge on any atom is -0.497 e. The molecule has 1 amide bonds. The van der Waals surface area contributed by atoms with Gasteiger partial charge in [-0.25, -0.2) is 0 Å². The zero-order chi connectivity index (χ0) is 19.1. The largest absolute Gasteiger partial charge is 0.497 e. The van der Waals surface area contributed by atoms with E-state index in [0.717, 1.165) is 0 Å². The lowest BCUT2D eigenvalue weighted by atomic mass is 10.0. The first-order chi connectivity index (χ1) is 12.5. The number of hydrogen-bond acceptors (Lipinski definition) is 5. The molecule has 0 fully saturated rings. The Morgan fingerprint density at radius 2 is 1.69 bits per heavy atom. The summed E-state index contributed by atoms with van der Waals surface area (Å²) in [5.74, 6) is -0.133. The Hall–Kier alpha value is -3.22. The molecular formula is C19H21NO6. The van der Waals surface area contributed by atoms with Gasteiger partial charge in [0.25, 0.3) is 5.91 Å². The Kier molecular flexibility index (Phi) is 6.43. The number of hydrogen-bond donors (Lipinski definition) is 2. The van der Waals surface area contributed by atoms with Gasteiger partial charge in [-0.15, -0.1) is 0 Å². The summed E-state index contributed by atoms with van der Waals surface area (Å²) < 4.78 is 15.6. The highest BCUT2D eigenvalue weighted by Crippen LogP contribution is 2.31. The molecule has 1 atom stereocenters. The van der Waals surface area contributed by atoms with Gasteiger partial charge in [0.05, 0.1) is 39.4 Å². The number of aliphatic carboxylic acids is 1. The Balaban J connectivity index is 2.30. The van der Waals surface area contributed by atoms with Gasteiger partial charge < -0.3 is 24.6 Å². The second-order valence-electron chi connectivity index (χ2n) is 5.44. The SMILES string of the molecule is COc1ccc([C@H](CC(=O)O)NC(=O)c2cccc(OC)c2OC)cc1. The van der Waals surface area contributed by atoms with Crippen LogP contribution in [0.15, 0.2) is 42.5 Å². The number of nitrogens with one attached hydrogen (secondary N) is 1. The second-order valence-corrected chi connectivity index (χ2v) is 5.44. The summed E-state index contributed by atoms with van der Waals surface area (Å²) in [6, 6.07) is 11.1. The lowest BCUT2D eigenvalue weighted by Gasteiger charge is -2.19. The predicted molar refractivity (Wildman–Crippen MR) is 95.0 cm³/mol. The molecule has 0 heterocycles. The van der Waals surface area contributed by atoms with Crippen molar-refractivity contribution in [2.24, 2.45) is 0 Å². The highest BCUT2D eigenvalue weighted by atomic mass is 16.5. The molecule has 7 heteroatoms. The van der Waals surface area contributed by atoms with Gasteiger partial charge in [-0.05, 0) is 29.8 Å². The van der Waals surface area contributed by atoms with Crippen molar-refractivity contribution < 1.29 is 28.9 Å². The van der Waals surface area contributed by atoms with Crippen molar-refractivity contribution in [2.45, 2.75) is 12.5 Å². The normalized spacial score (nSPS) is 11.3. The third-order valence-corrected chi connectivity index (χ3v) is 3.85. The van der Waals surface area contributed by atoms with Crippen LogP contribution in [0.4, 0.5) is 0 Å². The second kappa shape index (κ2) is 8.75. The summed E-state index contributed by atoms with van der Waals surface area (Å²) in [6.45, 7) is 0. The summed E-state index contributed by atoms with van der Waals surface area (Å²) in [5.41, 5.74) is 0.916. The number of methoxy groups -OCH3 is 3. The molecule has 0 aliphatic heterocycles. The highest BCUT2D eigenvalue weighted by Gasteiger charge is 2.22. The fraction of sp³-hybridized carbons (Fsp3) is 0.263. The smallest absolute Gasteiger partial charge is 0.305 e. The number of carboxylic acids is 1. The quantitative estimate of drug-likeness (QED) is 0.753. The molecule has 0 unspecified atom stereocenters. The lowest BCUT2D eigenvalue weighted by molar-refractivity contribution is -0.137. The van der Waals surface area contributed by atoms with E-state index in [1.807, 2.05) is 0 Å².